The quantitative estimate of drug-likeness (QED) is 0.615. The van der Waals surface area contributed by atoms with E-state index in [-0.39, 0.29) is 6.42 Å². The molecule has 0 saturated carbocycles. The molecule has 1 aromatic carbocycles. The molecular weight excluding hydrogens is 316 g/mol. The van der Waals surface area contributed by atoms with Crippen molar-refractivity contribution in [3.05, 3.63) is 60.2 Å². The molecule has 0 saturated heterocycles. The first-order valence-corrected chi connectivity index (χ1v) is 8.32. The number of aliphatic carboxylic acids is 1. The summed E-state index contributed by atoms with van der Waals surface area (Å²) in [5.74, 6) is 0.629. The summed E-state index contributed by atoms with van der Waals surface area (Å²) < 4.78 is 0. The lowest BCUT2D eigenvalue weighted by molar-refractivity contribution is -0.137. The molecule has 0 fully saturated rings. The van der Waals surface area contributed by atoms with Gasteiger partial charge in [0, 0.05) is 30.7 Å². The van der Waals surface area contributed by atoms with Gasteiger partial charge in [0.25, 0.3) is 0 Å². The number of anilines is 1. The SMILES string of the molecule is O=C(O)CCc1ncc2cc(CCCNc3ccccn3)ccc2n1. The highest BCUT2D eigenvalue weighted by Gasteiger charge is 2.04. The van der Waals surface area contributed by atoms with Gasteiger partial charge in [0.05, 0.1) is 11.9 Å². The predicted molar refractivity (Wildman–Crippen MR) is 96.5 cm³/mol. The second-order valence-corrected chi connectivity index (χ2v) is 5.82. The molecule has 0 unspecified atom stereocenters. The summed E-state index contributed by atoms with van der Waals surface area (Å²) >= 11 is 0. The number of carboxylic acid groups (broad SMARTS) is 1. The van der Waals surface area contributed by atoms with Gasteiger partial charge in [-0.15, -0.1) is 0 Å². The predicted octanol–water partition coefficient (Wildman–Crippen LogP) is 3.09. The molecule has 0 spiro atoms. The third kappa shape index (κ3) is 4.97. The molecule has 0 amide bonds. The maximum Gasteiger partial charge on any atom is 0.303 e. The highest BCUT2D eigenvalue weighted by atomic mass is 16.4. The first kappa shape index (κ1) is 16.8. The molecule has 0 aliphatic heterocycles. The Bertz CT molecular complexity index is 852. The summed E-state index contributed by atoms with van der Waals surface area (Å²) in [5.41, 5.74) is 2.09. The first-order chi connectivity index (χ1) is 12.2. The Labute approximate surface area is 146 Å². The molecule has 6 heteroatoms. The van der Waals surface area contributed by atoms with Crippen molar-refractivity contribution in [1.82, 2.24) is 15.0 Å². The number of hydrogen-bond donors (Lipinski definition) is 2. The number of nitrogens with zero attached hydrogens (tertiary/aromatic N) is 3. The molecule has 0 bridgehead atoms. The summed E-state index contributed by atoms with van der Waals surface area (Å²) in [6.45, 7) is 0.861. The molecule has 3 aromatic rings. The second kappa shape index (κ2) is 8.19. The van der Waals surface area contributed by atoms with Gasteiger partial charge in [-0.25, -0.2) is 15.0 Å². The fourth-order valence-electron chi connectivity index (χ4n) is 2.59. The van der Waals surface area contributed by atoms with Gasteiger partial charge in [-0.3, -0.25) is 4.79 Å². The van der Waals surface area contributed by atoms with Crippen molar-refractivity contribution in [2.24, 2.45) is 0 Å². The number of nitrogens with one attached hydrogen (secondary N) is 1. The van der Waals surface area contributed by atoms with E-state index >= 15 is 0 Å². The molecular formula is C19H20N4O2. The normalized spacial score (nSPS) is 10.7. The Kier molecular flexibility index (Phi) is 5.51. The summed E-state index contributed by atoms with van der Waals surface area (Å²) in [4.78, 5) is 23.6. The number of rotatable bonds is 8. The van der Waals surface area contributed by atoms with Crippen LogP contribution >= 0.6 is 0 Å². The number of aryl methyl sites for hydroxylation is 2. The third-order valence-corrected chi connectivity index (χ3v) is 3.87. The average molecular weight is 336 g/mol. The van der Waals surface area contributed by atoms with E-state index in [1.54, 1.807) is 12.4 Å². The zero-order chi connectivity index (χ0) is 17.5. The Morgan fingerprint density at radius 3 is 2.84 bits per heavy atom. The van der Waals surface area contributed by atoms with Crippen LogP contribution in [0.4, 0.5) is 5.82 Å². The summed E-state index contributed by atoms with van der Waals surface area (Å²) in [6, 6.07) is 11.9. The first-order valence-electron chi connectivity index (χ1n) is 8.32. The molecule has 128 valence electrons. The van der Waals surface area contributed by atoms with Gasteiger partial charge in [0.2, 0.25) is 0 Å². The lowest BCUT2D eigenvalue weighted by atomic mass is 10.1. The van der Waals surface area contributed by atoms with Gasteiger partial charge in [-0.2, -0.15) is 0 Å². The maximum atomic E-state index is 10.6. The van der Waals surface area contributed by atoms with E-state index in [0.29, 0.717) is 12.2 Å². The van der Waals surface area contributed by atoms with Gasteiger partial charge >= 0.3 is 5.97 Å². The standard InChI is InChI=1S/C19H20N4O2/c24-19(25)9-8-18-22-13-15-12-14(6-7-16(15)23-18)4-3-11-21-17-5-1-2-10-20-17/h1-2,5-7,10,12-13H,3-4,8-9,11H2,(H,20,21)(H,24,25). The van der Waals surface area contributed by atoms with Gasteiger partial charge in [0.15, 0.2) is 0 Å². The van der Waals surface area contributed by atoms with Crippen molar-refractivity contribution in [2.75, 3.05) is 11.9 Å². The van der Waals surface area contributed by atoms with Crippen molar-refractivity contribution in [1.29, 1.82) is 0 Å². The highest BCUT2D eigenvalue weighted by Crippen LogP contribution is 2.15. The number of fused-ring (bicyclic) bond motifs is 1. The number of carbonyl (C=O) groups is 1. The molecule has 6 nitrogen and oxygen atoms in total. The van der Waals surface area contributed by atoms with Crippen LogP contribution in [0.25, 0.3) is 10.9 Å². The zero-order valence-corrected chi connectivity index (χ0v) is 13.9. The zero-order valence-electron chi connectivity index (χ0n) is 13.9. The molecule has 0 aliphatic rings. The minimum atomic E-state index is -0.835. The molecule has 0 atom stereocenters. The van der Waals surface area contributed by atoms with E-state index in [1.165, 1.54) is 5.56 Å². The second-order valence-electron chi connectivity index (χ2n) is 5.82. The van der Waals surface area contributed by atoms with E-state index in [2.05, 4.69) is 32.4 Å². The Morgan fingerprint density at radius 2 is 2.04 bits per heavy atom. The fraction of sp³-hybridized carbons (Fsp3) is 0.263. The average Bonchev–Trinajstić information content (AvgIpc) is 2.64. The van der Waals surface area contributed by atoms with Crippen molar-refractivity contribution in [2.45, 2.75) is 25.7 Å². The van der Waals surface area contributed by atoms with E-state index < -0.39 is 5.97 Å². The summed E-state index contributed by atoms with van der Waals surface area (Å²) in [7, 11) is 0. The van der Waals surface area contributed by atoms with Crippen LogP contribution < -0.4 is 5.32 Å². The highest BCUT2D eigenvalue weighted by molar-refractivity contribution is 5.78. The molecule has 3 rings (SSSR count). The number of carboxylic acids is 1. The van der Waals surface area contributed by atoms with E-state index in [4.69, 9.17) is 5.11 Å². The molecule has 25 heavy (non-hydrogen) atoms. The number of hydrogen-bond acceptors (Lipinski definition) is 5. The smallest absolute Gasteiger partial charge is 0.303 e. The lowest BCUT2D eigenvalue weighted by Gasteiger charge is -2.06. The largest absolute Gasteiger partial charge is 0.481 e. The number of pyridine rings is 1. The minimum absolute atomic E-state index is 0.0485. The van der Waals surface area contributed by atoms with Gasteiger partial charge in [-0.1, -0.05) is 12.1 Å². The molecule has 2 heterocycles. The topological polar surface area (TPSA) is 88.0 Å². The van der Waals surface area contributed by atoms with E-state index in [1.807, 2.05) is 24.3 Å². The molecule has 2 aromatic heterocycles. The van der Waals surface area contributed by atoms with Crippen LogP contribution in [0.5, 0.6) is 0 Å². The number of benzene rings is 1. The van der Waals surface area contributed by atoms with Crippen molar-refractivity contribution >= 4 is 22.7 Å². The van der Waals surface area contributed by atoms with E-state index in [0.717, 1.165) is 36.1 Å². The van der Waals surface area contributed by atoms with Crippen LogP contribution in [0.2, 0.25) is 0 Å². The Balaban J connectivity index is 1.55. The number of aromatic nitrogens is 3. The van der Waals surface area contributed by atoms with Gasteiger partial charge in [-0.05, 0) is 42.7 Å². The van der Waals surface area contributed by atoms with Crippen molar-refractivity contribution in [3.63, 3.8) is 0 Å². The maximum absolute atomic E-state index is 10.6. The molecule has 2 N–H and O–H groups in total. The van der Waals surface area contributed by atoms with Crippen LogP contribution in [-0.2, 0) is 17.6 Å². The van der Waals surface area contributed by atoms with Crippen molar-refractivity contribution in [3.8, 4) is 0 Å². The Hall–Kier alpha value is -3.02. The summed E-state index contributed by atoms with van der Waals surface area (Å²) in [5, 5.41) is 13.0. The van der Waals surface area contributed by atoms with Crippen LogP contribution in [0.3, 0.4) is 0 Å². The van der Waals surface area contributed by atoms with Gasteiger partial charge < -0.3 is 10.4 Å². The Morgan fingerprint density at radius 1 is 1.12 bits per heavy atom. The monoisotopic (exact) mass is 336 g/mol. The van der Waals surface area contributed by atoms with Crippen LogP contribution in [0.1, 0.15) is 24.2 Å². The van der Waals surface area contributed by atoms with Gasteiger partial charge in [0.1, 0.15) is 11.6 Å². The molecule has 0 aliphatic carbocycles. The lowest BCUT2D eigenvalue weighted by Crippen LogP contribution is -2.04. The van der Waals surface area contributed by atoms with E-state index in [9.17, 15) is 4.79 Å². The van der Waals surface area contributed by atoms with Crippen molar-refractivity contribution < 1.29 is 9.90 Å². The fourth-order valence-corrected chi connectivity index (χ4v) is 2.59. The van der Waals surface area contributed by atoms with Crippen LogP contribution in [0, 0.1) is 0 Å². The van der Waals surface area contributed by atoms with Crippen LogP contribution in [0.15, 0.2) is 48.8 Å². The summed E-state index contributed by atoms with van der Waals surface area (Å²) in [6.07, 6.45) is 5.90. The third-order valence-electron chi connectivity index (χ3n) is 3.87. The minimum Gasteiger partial charge on any atom is -0.481 e. The molecule has 0 radical (unpaired) electrons. The van der Waals surface area contributed by atoms with Crippen LogP contribution in [-0.4, -0.2) is 32.6 Å².